The van der Waals surface area contributed by atoms with E-state index >= 15 is 0 Å². The summed E-state index contributed by atoms with van der Waals surface area (Å²) in [6, 6.07) is 0. The smallest absolute Gasteiger partial charge is 0.220 e. The van der Waals surface area contributed by atoms with Crippen LogP contribution >= 0.6 is 24.0 Å². The van der Waals surface area contributed by atoms with Gasteiger partial charge in [0, 0.05) is 25.6 Å². The molecule has 0 bridgehead atoms. The molecule has 178 valence electrons. The number of nitrogens with one attached hydrogen (secondary N) is 2. The highest BCUT2D eigenvalue weighted by atomic mass is 127. The number of carbonyl (C=O) groups excluding carboxylic acids is 1. The van der Waals surface area contributed by atoms with Crippen LogP contribution in [0.15, 0.2) is 4.99 Å². The fourth-order valence-electron chi connectivity index (χ4n) is 3.89. The van der Waals surface area contributed by atoms with Gasteiger partial charge in [-0.15, -0.1) is 24.0 Å². The number of unbranched alkanes of at least 4 members (excludes halogenated alkanes) is 8. The van der Waals surface area contributed by atoms with Crippen LogP contribution in [-0.2, 0) is 4.79 Å². The van der Waals surface area contributed by atoms with Crippen LogP contribution in [0.3, 0.4) is 0 Å². The van der Waals surface area contributed by atoms with Crippen LogP contribution in [-0.4, -0.2) is 56.0 Å². The molecule has 30 heavy (non-hydrogen) atoms. The Morgan fingerprint density at radius 3 is 2.17 bits per heavy atom. The second-order valence-corrected chi connectivity index (χ2v) is 8.39. The van der Waals surface area contributed by atoms with Gasteiger partial charge in [-0.1, -0.05) is 51.9 Å². The van der Waals surface area contributed by atoms with E-state index in [-0.39, 0.29) is 35.8 Å². The number of nitrogens with zero attached hydrogens (tertiary/aromatic N) is 2. The molecule has 1 aliphatic heterocycles. The number of hydrogen-bond acceptors (Lipinski definition) is 3. The monoisotopic (exact) mass is 537 g/mol. The fourth-order valence-corrected chi connectivity index (χ4v) is 3.89. The molecule has 0 spiro atoms. The third kappa shape index (κ3) is 15.3. The molecule has 0 atom stereocenters. The topological polar surface area (TPSA) is 82.8 Å². The molecule has 7 heteroatoms. The van der Waals surface area contributed by atoms with Crippen LogP contribution < -0.4 is 16.4 Å². The second-order valence-electron chi connectivity index (χ2n) is 8.39. The van der Waals surface area contributed by atoms with Gasteiger partial charge in [-0.2, -0.15) is 0 Å². The summed E-state index contributed by atoms with van der Waals surface area (Å²) in [6.45, 7) is 10.3. The van der Waals surface area contributed by atoms with Gasteiger partial charge in [0.25, 0.3) is 0 Å². The number of rotatable bonds is 16. The zero-order chi connectivity index (χ0) is 21.2. The molecule has 1 fully saturated rings. The number of likely N-dealkylation sites (tertiary alicyclic amines) is 1. The maximum atomic E-state index is 11.2. The molecule has 0 aliphatic carbocycles. The van der Waals surface area contributed by atoms with Crippen molar-refractivity contribution in [2.45, 2.75) is 90.9 Å². The summed E-state index contributed by atoms with van der Waals surface area (Å²) < 4.78 is 0. The van der Waals surface area contributed by atoms with E-state index in [1.807, 2.05) is 0 Å². The summed E-state index contributed by atoms with van der Waals surface area (Å²) in [4.78, 5) is 18.4. The number of primary amides is 1. The maximum absolute atomic E-state index is 11.2. The van der Waals surface area contributed by atoms with Crippen molar-refractivity contribution in [1.82, 2.24) is 15.5 Å². The van der Waals surface area contributed by atoms with Gasteiger partial charge in [0.15, 0.2) is 5.96 Å². The highest BCUT2D eigenvalue weighted by molar-refractivity contribution is 14.0. The third-order valence-corrected chi connectivity index (χ3v) is 5.81. The molecule has 6 nitrogen and oxygen atoms in total. The van der Waals surface area contributed by atoms with E-state index in [4.69, 9.17) is 10.7 Å². The summed E-state index contributed by atoms with van der Waals surface area (Å²) in [7, 11) is 0. The Bertz CT molecular complexity index is 439. The van der Waals surface area contributed by atoms with Crippen LogP contribution in [0.1, 0.15) is 90.9 Å². The van der Waals surface area contributed by atoms with Gasteiger partial charge in [-0.3, -0.25) is 9.79 Å². The van der Waals surface area contributed by atoms with Crippen LogP contribution in [0.5, 0.6) is 0 Å². The zero-order valence-electron chi connectivity index (χ0n) is 19.6. The van der Waals surface area contributed by atoms with Crippen molar-refractivity contribution in [3.05, 3.63) is 0 Å². The predicted molar refractivity (Wildman–Crippen MR) is 140 cm³/mol. The van der Waals surface area contributed by atoms with Gasteiger partial charge >= 0.3 is 0 Å². The Hall–Kier alpha value is -0.570. The van der Waals surface area contributed by atoms with Crippen molar-refractivity contribution in [1.29, 1.82) is 0 Å². The number of carbonyl (C=O) groups is 1. The van der Waals surface area contributed by atoms with Crippen molar-refractivity contribution in [2.75, 3.05) is 39.3 Å². The molecule has 4 N–H and O–H groups in total. The van der Waals surface area contributed by atoms with Gasteiger partial charge < -0.3 is 21.3 Å². The van der Waals surface area contributed by atoms with Crippen LogP contribution in [0, 0.1) is 5.92 Å². The van der Waals surface area contributed by atoms with E-state index in [9.17, 15) is 4.79 Å². The van der Waals surface area contributed by atoms with Crippen molar-refractivity contribution in [2.24, 2.45) is 16.6 Å². The number of amides is 1. The molecule has 0 aromatic heterocycles. The maximum Gasteiger partial charge on any atom is 0.220 e. The first-order valence-electron chi connectivity index (χ1n) is 12.2. The first-order valence-corrected chi connectivity index (χ1v) is 12.2. The average Bonchev–Trinajstić information content (AvgIpc) is 2.72. The minimum absolute atomic E-state index is 0. The van der Waals surface area contributed by atoms with Gasteiger partial charge in [-0.25, -0.2) is 0 Å². The van der Waals surface area contributed by atoms with Gasteiger partial charge in [0.1, 0.15) is 0 Å². The summed E-state index contributed by atoms with van der Waals surface area (Å²) in [5.74, 6) is 0.918. The van der Waals surface area contributed by atoms with Crippen molar-refractivity contribution < 1.29 is 4.79 Å². The molecular weight excluding hydrogens is 489 g/mol. The number of aliphatic imine (C=N–C) groups is 1. The largest absolute Gasteiger partial charge is 0.369 e. The fraction of sp³-hybridized carbons (Fsp3) is 0.913. The average molecular weight is 538 g/mol. The molecule has 0 aromatic carbocycles. The van der Waals surface area contributed by atoms with Crippen molar-refractivity contribution >= 4 is 35.8 Å². The molecule has 0 aromatic rings. The molecular formula is C23H48IN5O. The number of nitrogens with two attached hydrogens (primary N) is 1. The standard InChI is InChI=1S/C23H47N5O.HI/c1-3-5-6-7-8-9-10-11-16-26-23(25-4-2)27-17-12-13-18-28-19-14-21(15-20-28)22(24)29;/h21H,3-20H2,1-2H3,(H2,24,29)(H2,25,26,27);1H. The summed E-state index contributed by atoms with van der Waals surface area (Å²) in [5, 5.41) is 6.81. The van der Waals surface area contributed by atoms with Gasteiger partial charge in [0.2, 0.25) is 5.91 Å². The number of guanidine groups is 1. The summed E-state index contributed by atoms with van der Waals surface area (Å²) >= 11 is 0. The normalized spacial score (nSPS) is 15.6. The van der Waals surface area contributed by atoms with Crippen molar-refractivity contribution in [3.8, 4) is 0 Å². The highest BCUT2D eigenvalue weighted by Crippen LogP contribution is 2.16. The Morgan fingerprint density at radius 1 is 0.933 bits per heavy atom. The molecule has 1 rings (SSSR count). The SMILES string of the molecule is CCCCCCCCCCN=C(NCC)NCCCCN1CCC(C(N)=O)CC1.I. The number of hydrogen-bond donors (Lipinski definition) is 3. The van der Waals surface area contributed by atoms with Crippen molar-refractivity contribution in [3.63, 3.8) is 0 Å². The molecule has 1 amide bonds. The Labute approximate surface area is 202 Å². The van der Waals surface area contributed by atoms with E-state index in [2.05, 4.69) is 29.4 Å². The van der Waals surface area contributed by atoms with E-state index in [0.29, 0.717) is 0 Å². The summed E-state index contributed by atoms with van der Waals surface area (Å²) in [6.07, 6.45) is 14.9. The molecule has 1 saturated heterocycles. The van der Waals surface area contributed by atoms with Gasteiger partial charge in [-0.05, 0) is 58.7 Å². The summed E-state index contributed by atoms with van der Waals surface area (Å²) in [5.41, 5.74) is 5.40. The number of piperidine rings is 1. The third-order valence-electron chi connectivity index (χ3n) is 5.81. The zero-order valence-corrected chi connectivity index (χ0v) is 21.9. The van der Waals surface area contributed by atoms with Crippen LogP contribution in [0.4, 0.5) is 0 Å². The Balaban J connectivity index is 0.00000841. The van der Waals surface area contributed by atoms with Crippen LogP contribution in [0.25, 0.3) is 0 Å². The minimum Gasteiger partial charge on any atom is -0.369 e. The van der Waals surface area contributed by atoms with Crippen LogP contribution in [0.2, 0.25) is 0 Å². The second kappa shape index (κ2) is 20.3. The number of halogens is 1. The van der Waals surface area contributed by atoms with Gasteiger partial charge in [0.05, 0.1) is 0 Å². The lowest BCUT2D eigenvalue weighted by atomic mass is 9.96. The lowest BCUT2D eigenvalue weighted by molar-refractivity contribution is -0.123. The Kier molecular flexibility index (Phi) is 20.0. The quantitative estimate of drug-likeness (QED) is 0.119. The molecule has 0 radical (unpaired) electrons. The van der Waals surface area contributed by atoms with E-state index in [1.54, 1.807) is 0 Å². The lowest BCUT2D eigenvalue weighted by Crippen LogP contribution is -2.39. The Morgan fingerprint density at radius 2 is 1.57 bits per heavy atom. The van der Waals surface area contributed by atoms with E-state index in [1.165, 1.54) is 57.8 Å². The first kappa shape index (κ1) is 29.4. The van der Waals surface area contributed by atoms with E-state index < -0.39 is 0 Å². The molecule has 0 saturated carbocycles. The minimum atomic E-state index is -0.129. The van der Waals surface area contributed by atoms with E-state index in [0.717, 1.165) is 64.5 Å². The molecule has 1 heterocycles. The molecule has 0 unspecified atom stereocenters. The first-order chi connectivity index (χ1) is 14.2. The molecule has 1 aliphatic rings. The highest BCUT2D eigenvalue weighted by Gasteiger charge is 2.22. The predicted octanol–water partition coefficient (Wildman–Crippen LogP) is 4.28. The lowest BCUT2D eigenvalue weighted by Gasteiger charge is -2.30.